The molecule has 0 fully saturated rings. The molecule has 1 aromatic rings. The topological polar surface area (TPSA) is 38.4 Å². The average Bonchev–Trinajstić information content (AvgIpc) is 2.17. The minimum Gasteiger partial charge on any atom is -0.384 e. The molecule has 0 aliphatic heterocycles. The van der Waals surface area contributed by atoms with E-state index in [1.54, 1.807) is 0 Å². The van der Waals surface area contributed by atoms with E-state index in [0.717, 1.165) is 5.56 Å². The van der Waals surface area contributed by atoms with Crippen molar-refractivity contribution in [2.75, 3.05) is 0 Å². The van der Waals surface area contributed by atoms with E-state index < -0.39 is 3.79 Å². The van der Waals surface area contributed by atoms with E-state index in [2.05, 4.69) is 4.99 Å². The number of hydrogen-bond donors (Lipinski definition) is 1. The van der Waals surface area contributed by atoms with Crippen molar-refractivity contribution in [1.29, 1.82) is 0 Å². The molecule has 1 atom stereocenters. The zero-order chi connectivity index (χ0) is 11.5. The molecule has 0 aromatic heterocycles. The fraction of sp³-hybridized carbons (Fsp3) is 0.300. The van der Waals surface area contributed by atoms with Gasteiger partial charge in [0.05, 0.1) is 6.04 Å². The standard InChI is InChI=1S/C10H11Cl3N2/c1-7(8-5-3-2-4-6-8)15-9(14)10(11,12)13/h2-7H,1H3,(H2,14,15)/t7-/m1/s1. The Kier molecular flexibility index (Phi) is 4.26. The van der Waals surface area contributed by atoms with Crippen molar-refractivity contribution in [2.45, 2.75) is 16.8 Å². The number of alkyl halides is 3. The highest BCUT2D eigenvalue weighted by atomic mass is 35.6. The van der Waals surface area contributed by atoms with Crippen molar-refractivity contribution >= 4 is 40.6 Å². The van der Waals surface area contributed by atoms with Crippen LogP contribution in [0.5, 0.6) is 0 Å². The Morgan fingerprint density at radius 2 is 1.80 bits per heavy atom. The maximum Gasteiger partial charge on any atom is 0.247 e. The molecule has 0 aliphatic carbocycles. The molecule has 15 heavy (non-hydrogen) atoms. The van der Waals surface area contributed by atoms with Crippen molar-refractivity contribution in [3.8, 4) is 0 Å². The minimum atomic E-state index is -1.64. The third kappa shape index (κ3) is 3.90. The van der Waals surface area contributed by atoms with Crippen LogP contribution in [0.4, 0.5) is 0 Å². The third-order valence-corrected chi connectivity index (χ3v) is 2.49. The van der Waals surface area contributed by atoms with Crippen molar-refractivity contribution in [2.24, 2.45) is 10.7 Å². The molecule has 1 rings (SSSR count). The summed E-state index contributed by atoms with van der Waals surface area (Å²) in [4.78, 5) is 4.12. The van der Waals surface area contributed by atoms with Crippen molar-refractivity contribution in [3.63, 3.8) is 0 Å². The summed E-state index contributed by atoms with van der Waals surface area (Å²) < 4.78 is -1.64. The van der Waals surface area contributed by atoms with Crippen LogP contribution in [0.3, 0.4) is 0 Å². The highest BCUT2D eigenvalue weighted by molar-refractivity contribution is 6.76. The highest BCUT2D eigenvalue weighted by Crippen LogP contribution is 2.28. The summed E-state index contributed by atoms with van der Waals surface area (Å²) in [6, 6.07) is 9.54. The Hall–Kier alpha value is -0.440. The van der Waals surface area contributed by atoms with Gasteiger partial charge in [0.1, 0.15) is 5.84 Å². The molecule has 0 unspecified atom stereocenters. The second-order valence-electron chi connectivity index (χ2n) is 3.10. The first-order valence-corrected chi connectivity index (χ1v) is 5.50. The number of halogens is 3. The monoisotopic (exact) mass is 264 g/mol. The SMILES string of the molecule is C[C@@H](N=C(N)C(Cl)(Cl)Cl)c1ccccc1. The van der Waals surface area contributed by atoms with Gasteiger partial charge in [0, 0.05) is 0 Å². The van der Waals surface area contributed by atoms with Gasteiger partial charge in [-0.15, -0.1) is 0 Å². The van der Waals surface area contributed by atoms with E-state index in [1.807, 2.05) is 37.3 Å². The number of benzene rings is 1. The van der Waals surface area contributed by atoms with Crippen LogP contribution < -0.4 is 5.73 Å². The zero-order valence-corrected chi connectivity index (χ0v) is 10.4. The second kappa shape index (κ2) is 5.06. The van der Waals surface area contributed by atoms with Gasteiger partial charge in [-0.2, -0.15) is 0 Å². The zero-order valence-electron chi connectivity index (χ0n) is 8.12. The molecule has 0 saturated heterocycles. The lowest BCUT2D eigenvalue weighted by atomic mass is 10.1. The first kappa shape index (κ1) is 12.6. The Bertz CT molecular complexity index is 343. The summed E-state index contributed by atoms with van der Waals surface area (Å²) in [5.74, 6) is 0.00357. The third-order valence-electron chi connectivity index (χ3n) is 1.91. The second-order valence-corrected chi connectivity index (χ2v) is 5.38. The van der Waals surface area contributed by atoms with Gasteiger partial charge in [-0.25, -0.2) is 0 Å². The summed E-state index contributed by atoms with van der Waals surface area (Å²) in [6.45, 7) is 1.89. The van der Waals surface area contributed by atoms with Gasteiger partial charge in [0.25, 0.3) is 0 Å². The van der Waals surface area contributed by atoms with E-state index in [0.29, 0.717) is 0 Å². The van der Waals surface area contributed by atoms with E-state index in [-0.39, 0.29) is 11.9 Å². The van der Waals surface area contributed by atoms with E-state index in [9.17, 15) is 0 Å². The van der Waals surface area contributed by atoms with Crippen LogP contribution in [0.25, 0.3) is 0 Å². The Balaban J connectivity index is 2.84. The summed E-state index contributed by atoms with van der Waals surface area (Å²) in [5, 5.41) is 0. The van der Waals surface area contributed by atoms with Gasteiger partial charge in [-0.3, -0.25) is 4.99 Å². The van der Waals surface area contributed by atoms with Gasteiger partial charge in [0.2, 0.25) is 3.79 Å². The minimum absolute atomic E-state index is 0.00357. The molecular weight excluding hydrogens is 254 g/mol. The number of nitrogens with zero attached hydrogens (tertiary/aromatic N) is 1. The smallest absolute Gasteiger partial charge is 0.247 e. The molecule has 2 nitrogen and oxygen atoms in total. The molecule has 1 aromatic carbocycles. The van der Waals surface area contributed by atoms with E-state index in [4.69, 9.17) is 40.5 Å². The van der Waals surface area contributed by atoms with E-state index >= 15 is 0 Å². The lowest BCUT2D eigenvalue weighted by Gasteiger charge is -2.13. The van der Waals surface area contributed by atoms with Gasteiger partial charge in [0.15, 0.2) is 0 Å². The molecule has 82 valence electrons. The maximum absolute atomic E-state index is 5.59. The predicted molar refractivity (Wildman–Crippen MR) is 66.8 cm³/mol. The van der Waals surface area contributed by atoms with Gasteiger partial charge < -0.3 is 5.73 Å². The molecule has 5 heteroatoms. The summed E-state index contributed by atoms with van der Waals surface area (Å²) in [5.41, 5.74) is 6.57. The average molecular weight is 266 g/mol. The van der Waals surface area contributed by atoms with Crippen molar-refractivity contribution in [1.82, 2.24) is 0 Å². The number of amidine groups is 1. The first-order chi connectivity index (χ1) is 6.91. The predicted octanol–water partition coefficient (Wildman–Crippen LogP) is 3.48. The number of nitrogens with two attached hydrogens (primary N) is 1. The van der Waals surface area contributed by atoms with E-state index in [1.165, 1.54) is 0 Å². The normalized spacial score (nSPS) is 15.1. The maximum atomic E-state index is 5.59. The Morgan fingerprint density at radius 3 is 2.27 bits per heavy atom. The fourth-order valence-corrected chi connectivity index (χ4v) is 1.23. The largest absolute Gasteiger partial charge is 0.384 e. The Morgan fingerprint density at radius 1 is 1.27 bits per heavy atom. The molecule has 2 N–H and O–H groups in total. The molecular formula is C10H11Cl3N2. The van der Waals surface area contributed by atoms with Gasteiger partial charge in [-0.1, -0.05) is 65.1 Å². The molecule has 0 radical (unpaired) electrons. The number of aliphatic imine (C=N–C) groups is 1. The van der Waals surface area contributed by atoms with Crippen LogP contribution in [-0.4, -0.2) is 9.63 Å². The number of hydrogen-bond acceptors (Lipinski definition) is 1. The van der Waals surface area contributed by atoms with Crippen LogP contribution >= 0.6 is 34.8 Å². The fourth-order valence-electron chi connectivity index (χ4n) is 1.09. The molecule has 0 saturated carbocycles. The highest BCUT2D eigenvalue weighted by Gasteiger charge is 2.25. The van der Waals surface area contributed by atoms with Gasteiger partial charge >= 0.3 is 0 Å². The lowest BCUT2D eigenvalue weighted by Crippen LogP contribution is -2.28. The molecule has 0 bridgehead atoms. The van der Waals surface area contributed by atoms with Crippen LogP contribution in [0, 0.1) is 0 Å². The van der Waals surface area contributed by atoms with Crippen LogP contribution in [-0.2, 0) is 0 Å². The molecule has 0 aliphatic rings. The summed E-state index contributed by atoms with van der Waals surface area (Å²) >= 11 is 16.8. The molecule has 0 amide bonds. The summed E-state index contributed by atoms with van der Waals surface area (Å²) in [7, 11) is 0. The van der Waals surface area contributed by atoms with Gasteiger partial charge in [-0.05, 0) is 12.5 Å². The first-order valence-electron chi connectivity index (χ1n) is 4.36. The van der Waals surface area contributed by atoms with Crippen molar-refractivity contribution < 1.29 is 0 Å². The Labute approximate surface area is 104 Å². The van der Waals surface area contributed by atoms with Crippen LogP contribution in [0.2, 0.25) is 0 Å². The number of rotatable bonds is 2. The van der Waals surface area contributed by atoms with Crippen LogP contribution in [0.15, 0.2) is 35.3 Å². The van der Waals surface area contributed by atoms with Crippen LogP contribution in [0.1, 0.15) is 18.5 Å². The lowest BCUT2D eigenvalue weighted by molar-refractivity contribution is 0.815. The molecule has 0 spiro atoms. The quantitative estimate of drug-likeness (QED) is 0.496. The molecule has 0 heterocycles. The summed E-state index contributed by atoms with van der Waals surface area (Å²) in [6.07, 6.45) is 0. The van der Waals surface area contributed by atoms with Crippen molar-refractivity contribution in [3.05, 3.63) is 35.9 Å².